The monoisotopic (exact) mass is 295 g/mol. The van der Waals surface area contributed by atoms with Crippen LogP contribution < -0.4 is 5.76 Å². The van der Waals surface area contributed by atoms with E-state index in [2.05, 4.69) is 0 Å². The van der Waals surface area contributed by atoms with Crippen LogP contribution in [0.2, 0.25) is 5.02 Å². The molecule has 0 N–H and O–H groups in total. The number of benzene rings is 1. The molecular formula is C9H7Cl2NO4S. The molecule has 17 heavy (non-hydrogen) atoms. The fourth-order valence-electron chi connectivity index (χ4n) is 1.55. The Kier molecular flexibility index (Phi) is 2.97. The fourth-order valence-corrected chi connectivity index (χ4v) is 3.05. The highest BCUT2D eigenvalue weighted by Gasteiger charge is 2.19. The zero-order chi connectivity index (χ0) is 12.8. The Morgan fingerprint density at radius 3 is 2.59 bits per heavy atom. The van der Waals surface area contributed by atoms with Crippen molar-refractivity contribution >= 4 is 42.4 Å². The molecule has 0 fully saturated rings. The molecule has 1 heterocycles. The van der Waals surface area contributed by atoms with Crippen LogP contribution in [0.1, 0.15) is 6.92 Å². The molecule has 0 saturated heterocycles. The van der Waals surface area contributed by atoms with Crippen LogP contribution in [-0.2, 0) is 15.6 Å². The standard InChI is InChI=1S/C9H7Cl2NO4S/c1-2-12-6-3-5(10)8(17(11,14)15)4-7(6)16-9(12)13/h3-4H,2H2,1H3. The van der Waals surface area contributed by atoms with Crippen molar-refractivity contribution in [1.82, 2.24) is 4.57 Å². The van der Waals surface area contributed by atoms with Crippen molar-refractivity contribution in [3.05, 3.63) is 27.7 Å². The van der Waals surface area contributed by atoms with Gasteiger partial charge in [0.05, 0.1) is 10.5 Å². The van der Waals surface area contributed by atoms with E-state index in [4.69, 9.17) is 26.7 Å². The first-order chi connectivity index (χ1) is 7.84. The maximum Gasteiger partial charge on any atom is 0.419 e. The van der Waals surface area contributed by atoms with Crippen LogP contribution in [0, 0.1) is 0 Å². The number of aromatic nitrogens is 1. The molecule has 0 unspecified atom stereocenters. The molecule has 0 aliphatic rings. The molecule has 8 heteroatoms. The average Bonchev–Trinajstić information content (AvgIpc) is 2.50. The van der Waals surface area contributed by atoms with Crippen molar-refractivity contribution < 1.29 is 12.8 Å². The predicted molar refractivity (Wildman–Crippen MR) is 64.2 cm³/mol. The highest BCUT2D eigenvalue weighted by atomic mass is 35.7. The average molecular weight is 296 g/mol. The molecule has 5 nitrogen and oxygen atoms in total. The second-order valence-electron chi connectivity index (χ2n) is 3.30. The third-order valence-corrected chi connectivity index (χ3v) is 4.09. The van der Waals surface area contributed by atoms with Gasteiger partial charge in [0.1, 0.15) is 4.90 Å². The Morgan fingerprint density at radius 2 is 2.06 bits per heavy atom. The van der Waals surface area contributed by atoms with E-state index in [9.17, 15) is 13.2 Å². The highest BCUT2D eigenvalue weighted by Crippen LogP contribution is 2.29. The Labute approximate surface area is 106 Å². The molecule has 0 atom stereocenters. The molecule has 2 aromatic rings. The Balaban J connectivity index is 2.89. The van der Waals surface area contributed by atoms with E-state index in [-0.39, 0.29) is 15.5 Å². The van der Waals surface area contributed by atoms with Crippen LogP contribution in [0.15, 0.2) is 26.2 Å². The highest BCUT2D eigenvalue weighted by molar-refractivity contribution is 8.13. The largest absolute Gasteiger partial charge is 0.419 e. The second kappa shape index (κ2) is 4.04. The van der Waals surface area contributed by atoms with E-state index in [0.29, 0.717) is 12.1 Å². The van der Waals surface area contributed by atoms with Gasteiger partial charge in [-0.05, 0) is 13.0 Å². The Bertz CT molecular complexity index is 744. The summed E-state index contributed by atoms with van der Waals surface area (Å²) in [6, 6.07) is 2.49. The van der Waals surface area contributed by atoms with Crippen molar-refractivity contribution in [2.24, 2.45) is 0 Å². The van der Waals surface area contributed by atoms with Crippen molar-refractivity contribution in [2.75, 3.05) is 0 Å². The number of hydrogen-bond donors (Lipinski definition) is 0. The summed E-state index contributed by atoms with van der Waals surface area (Å²) in [4.78, 5) is 11.1. The van der Waals surface area contributed by atoms with E-state index < -0.39 is 14.8 Å². The minimum atomic E-state index is -3.97. The van der Waals surface area contributed by atoms with E-state index >= 15 is 0 Å². The van der Waals surface area contributed by atoms with Gasteiger partial charge in [-0.2, -0.15) is 0 Å². The van der Waals surface area contributed by atoms with Gasteiger partial charge in [-0.3, -0.25) is 4.57 Å². The quantitative estimate of drug-likeness (QED) is 0.797. The summed E-state index contributed by atoms with van der Waals surface area (Å²) in [6.07, 6.45) is 0. The topological polar surface area (TPSA) is 69.3 Å². The van der Waals surface area contributed by atoms with Gasteiger partial charge in [0.2, 0.25) is 0 Å². The summed E-state index contributed by atoms with van der Waals surface area (Å²) >= 11 is 5.81. The lowest BCUT2D eigenvalue weighted by atomic mass is 10.3. The molecule has 2 rings (SSSR count). The molecule has 0 aliphatic carbocycles. The van der Waals surface area contributed by atoms with Crippen molar-refractivity contribution in [2.45, 2.75) is 18.4 Å². The van der Waals surface area contributed by atoms with Crippen molar-refractivity contribution in [3.8, 4) is 0 Å². The molecule has 1 aromatic heterocycles. The second-order valence-corrected chi connectivity index (χ2v) is 6.24. The minimum absolute atomic E-state index is 0.0458. The summed E-state index contributed by atoms with van der Waals surface area (Å²) in [5.74, 6) is -0.567. The molecule has 92 valence electrons. The lowest BCUT2D eigenvalue weighted by molar-refractivity contribution is 0.512. The summed E-state index contributed by atoms with van der Waals surface area (Å²) in [7, 11) is 1.24. The number of oxazole rings is 1. The van der Waals surface area contributed by atoms with Gasteiger partial charge >= 0.3 is 5.76 Å². The number of fused-ring (bicyclic) bond motifs is 1. The van der Waals surface area contributed by atoms with Gasteiger partial charge in [-0.25, -0.2) is 13.2 Å². The molecule has 0 bridgehead atoms. The summed E-state index contributed by atoms with van der Waals surface area (Å²) in [5.41, 5.74) is 0.576. The number of halogens is 2. The van der Waals surface area contributed by atoms with E-state index in [1.165, 1.54) is 10.6 Å². The Morgan fingerprint density at radius 1 is 1.41 bits per heavy atom. The normalized spacial score (nSPS) is 12.2. The third-order valence-electron chi connectivity index (χ3n) is 2.30. The number of rotatable bonds is 2. The third kappa shape index (κ3) is 2.08. The SMILES string of the molecule is CCn1c(=O)oc2cc(S(=O)(=O)Cl)c(Cl)cc21. The first-order valence-corrected chi connectivity index (χ1v) is 7.31. The number of hydrogen-bond acceptors (Lipinski definition) is 4. The van der Waals surface area contributed by atoms with Crippen LogP contribution in [0.5, 0.6) is 0 Å². The van der Waals surface area contributed by atoms with Crippen molar-refractivity contribution in [3.63, 3.8) is 0 Å². The van der Waals surface area contributed by atoms with Crippen LogP contribution in [0.4, 0.5) is 0 Å². The van der Waals surface area contributed by atoms with Gasteiger partial charge in [0, 0.05) is 23.3 Å². The van der Waals surface area contributed by atoms with Gasteiger partial charge in [0.15, 0.2) is 5.58 Å². The summed E-state index contributed by atoms with van der Waals surface area (Å²) < 4.78 is 28.7. The number of aryl methyl sites for hydroxylation is 1. The zero-order valence-electron chi connectivity index (χ0n) is 8.61. The lowest BCUT2D eigenvalue weighted by Crippen LogP contribution is -2.12. The lowest BCUT2D eigenvalue weighted by Gasteiger charge is -2.01. The van der Waals surface area contributed by atoms with Crippen LogP contribution in [0.25, 0.3) is 11.1 Å². The molecule has 0 saturated carbocycles. The summed E-state index contributed by atoms with van der Waals surface area (Å²) in [6.45, 7) is 2.16. The molecule has 1 aromatic carbocycles. The Hall–Kier alpha value is -0.980. The van der Waals surface area contributed by atoms with Gasteiger partial charge in [-0.15, -0.1) is 0 Å². The predicted octanol–water partition coefficient (Wildman–Crippen LogP) is 2.20. The molecule has 0 aliphatic heterocycles. The first-order valence-electron chi connectivity index (χ1n) is 4.62. The van der Waals surface area contributed by atoms with Crippen molar-refractivity contribution in [1.29, 1.82) is 0 Å². The smallest absolute Gasteiger partial charge is 0.408 e. The van der Waals surface area contributed by atoms with Gasteiger partial charge in [0.25, 0.3) is 9.05 Å². The first kappa shape index (κ1) is 12.5. The summed E-state index contributed by atoms with van der Waals surface area (Å²) in [5, 5.41) is -0.0458. The molecular weight excluding hydrogens is 289 g/mol. The van der Waals surface area contributed by atoms with E-state index in [1.807, 2.05) is 0 Å². The van der Waals surface area contributed by atoms with Crippen LogP contribution in [0.3, 0.4) is 0 Å². The van der Waals surface area contributed by atoms with E-state index in [0.717, 1.165) is 6.07 Å². The van der Waals surface area contributed by atoms with Crippen LogP contribution in [-0.4, -0.2) is 13.0 Å². The van der Waals surface area contributed by atoms with Crippen LogP contribution >= 0.6 is 22.3 Å². The van der Waals surface area contributed by atoms with Gasteiger partial charge in [-0.1, -0.05) is 11.6 Å². The molecule has 0 amide bonds. The van der Waals surface area contributed by atoms with Gasteiger partial charge < -0.3 is 4.42 Å². The minimum Gasteiger partial charge on any atom is -0.408 e. The molecule has 0 radical (unpaired) electrons. The maximum absolute atomic E-state index is 11.4. The maximum atomic E-state index is 11.4. The zero-order valence-corrected chi connectivity index (χ0v) is 10.9. The number of nitrogens with zero attached hydrogens (tertiary/aromatic N) is 1. The molecule has 0 spiro atoms. The van der Waals surface area contributed by atoms with E-state index in [1.54, 1.807) is 6.92 Å². The fraction of sp³-hybridized carbons (Fsp3) is 0.222.